The number of nitrogens with one attached hydrogen (secondary N) is 1. The molecule has 0 saturated heterocycles. The van der Waals surface area contributed by atoms with Gasteiger partial charge in [0, 0.05) is 17.9 Å². The molecule has 1 aliphatic heterocycles. The summed E-state index contributed by atoms with van der Waals surface area (Å²) in [6.45, 7) is 0. The van der Waals surface area contributed by atoms with Gasteiger partial charge in [0.1, 0.15) is 5.82 Å². The molecule has 6 rings (SSSR count). The van der Waals surface area contributed by atoms with Crippen molar-refractivity contribution in [2.24, 2.45) is 0 Å². The first-order valence-corrected chi connectivity index (χ1v) is 10.3. The highest BCUT2D eigenvalue weighted by molar-refractivity contribution is 7.20. The third-order valence-electron chi connectivity index (χ3n) is 5.48. The molecule has 1 N–H and O–H groups in total. The van der Waals surface area contributed by atoms with Gasteiger partial charge in [-0.25, -0.2) is 4.98 Å². The molecule has 0 aliphatic carbocycles. The van der Waals surface area contributed by atoms with E-state index in [0.717, 1.165) is 32.3 Å². The molecule has 0 fully saturated rings. The summed E-state index contributed by atoms with van der Waals surface area (Å²) in [4.78, 5) is 17.3. The highest BCUT2D eigenvalue weighted by Crippen LogP contribution is 2.41. The third kappa shape index (κ3) is 2.57. The Kier molecular flexibility index (Phi) is 3.55. The number of aromatic nitrogens is 3. The van der Waals surface area contributed by atoms with Crippen LogP contribution in [-0.2, 0) is 4.79 Å². The molecule has 0 bridgehead atoms. The number of anilines is 1. The monoisotopic (exact) mass is 396 g/mol. The zero-order chi connectivity index (χ0) is 19.4. The molecule has 0 radical (unpaired) electrons. The SMILES string of the molecule is O=C1C[C@H](c2cccc3ccccc23)c2cnn(-c3nc4ccccc4s3)c2N1. The van der Waals surface area contributed by atoms with Gasteiger partial charge in [-0.15, -0.1) is 0 Å². The van der Waals surface area contributed by atoms with Crippen LogP contribution in [0.5, 0.6) is 0 Å². The average Bonchev–Trinajstić information content (AvgIpc) is 3.36. The summed E-state index contributed by atoms with van der Waals surface area (Å²) in [5, 5.41) is 10.7. The standard InChI is InChI=1S/C23H16N4OS/c28-21-12-17(16-9-5-7-14-6-1-2-8-15(14)16)18-13-24-27(22(18)26-21)23-25-19-10-3-4-11-20(19)29-23/h1-11,13,17H,12H2,(H,26,28)/t17-/m1/s1. The minimum atomic E-state index is -0.0343. The fourth-order valence-corrected chi connectivity index (χ4v) is 5.08. The molecule has 0 spiro atoms. The van der Waals surface area contributed by atoms with Gasteiger partial charge in [-0.05, 0) is 28.5 Å². The number of carbonyl (C=O) groups is 1. The molecule has 2 aromatic heterocycles. The Bertz CT molecular complexity index is 1360. The topological polar surface area (TPSA) is 59.8 Å². The van der Waals surface area contributed by atoms with Crippen LogP contribution in [0.1, 0.15) is 23.5 Å². The van der Waals surface area contributed by atoms with E-state index in [2.05, 4.69) is 40.7 Å². The predicted octanol–water partition coefficient (Wildman–Crippen LogP) is 5.11. The lowest BCUT2D eigenvalue weighted by atomic mass is 9.84. The first kappa shape index (κ1) is 16.4. The summed E-state index contributed by atoms with van der Waals surface area (Å²) < 4.78 is 2.86. The molecule has 5 nitrogen and oxygen atoms in total. The van der Waals surface area contributed by atoms with Crippen molar-refractivity contribution in [1.82, 2.24) is 14.8 Å². The third-order valence-corrected chi connectivity index (χ3v) is 6.49. The average molecular weight is 396 g/mol. The fraction of sp³-hybridized carbons (Fsp3) is 0.0870. The van der Waals surface area contributed by atoms with Crippen molar-refractivity contribution in [3.63, 3.8) is 0 Å². The van der Waals surface area contributed by atoms with Crippen LogP contribution < -0.4 is 5.32 Å². The Labute approximate surface area is 170 Å². The Balaban J connectivity index is 1.53. The first-order valence-electron chi connectivity index (χ1n) is 9.49. The Morgan fingerprint density at radius 1 is 0.966 bits per heavy atom. The van der Waals surface area contributed by atoms with E-state index in [1.165, 1.54) is 10.8 Å². The molecule has 1 aliphatic rings. The molecule has 140 valence electrons. The van der Waals surface area contributed by atoms with Crippen molar-refractivity contribution >= 4 is 44.1 Å². The van der Waals surface area contributed by atoms with Crippen LogP contribution in [0, 0.1) is 0 Å². The number of hydrogen-bond acceptors (Lipinski definition) is 4. The van der Waals surface area contributed by atoms with Gasteiger partial charge in [0.15, 0.2) is 0 Å². The van der Waals surface area contributed by atoms with E-state index in [4.69, 9.17) is 4.98 Å². The van der Waals surface area contributed by atoms with Crippen molar-refractivity contribution in [3.05, 3.63) is 84.1 Å². The lowest BCUT2D eigenvalue weighted by Crippen LogP contribution is -2.24. The van der Waals surface area contributed by atoms with Crippen LogP contribution in [0.2, 0.25) is 0 Å². The normalized spacial score (nSPS) is 16.1. The quantitative estimate of drug-likeness (QED) is 0.451. The molecule has 1 atom stereocenters. The van der Waals surface area contributed by atoms with E-state index in [1.54, 1.807) is 16.0 Å². The highest BCUT2D eigenvalue weighted by atomic mass is 32.1. The molecule has 5 aromatic rings. The number of fused-ring (bicyclic) bond motifs is 3. The zero-order valence-corrected chi connectivity index (χ0v) is 16.2. The fourth-order valence-electron chi connectivity index (χ4n) is 4.15. The van der Waals surface area contributed by atoms with Crippen molar-refractivity contribution in [2.45, 2.75) is 12.3 Å². The number of hydrogen-bond donors (Lipinski definition) is 1. The summed E-state index contributed by atoms with van der Waals surface area (Å²) in [5.41, 5.74) is 3.12. The minimum Gasteiger partial charge on any atom is -0.310 e. The molecule has 3 aromatic carbocycles. The second-order valence-corrected chi connectivity index (χ2v) is 8.21. The van der Waals surface area contributed by atoms with E-state index in [9.17, 15) is 4.79 Å². The number of benzene rings is 3. The van der Waals surface area contributed by atoms with Crippen LogP contribution in [0.25, 0.3) is 26.1 Å². The lowest BCUT2D eigenvalue weighted by Gasteiger charge is -2.24. The number of carbonyl (C=O) groups excluding carboxylic acids is 1. The van der Waals surface area contributed by atoms with Gasteiger partial charge in [0.05, 0.1) is 16.4 Å². The molecular formula is C23H16N4OS. The Hall–Kier alpha value is -3.51. The smallest absolute Gasteiger partial charge is 0.226 e. The van der Waals surface area contributed by atoms with Crippen LogP contribution in [-0.4, -0.2) is 20.7 Å². The van der Waals surface area contributed by atoms with Crippen molar-refractivity contribution < 1.29 is 4.79 Å². The first-order chi connectivity index (χ1) is 14.3. The molecule has 1 amide bonds. The van der Waals surface area contributed by atoms with Gasteiger partial charge < -0.3 is 5.32 Å². The summed E-state index contributed by atoms with van der Waals surface area (Å²) in [5.74, 6) is 0.685. The van der Waals surface area contributed by atoms with Crippen molar-refractivity contribution in [3.8, 4) is 5.13 Å². The zero-order valence-electron chi connectivity index (χ0n) is 15.4. The molecule has 6 heteroatoms. The van der Waals surface area contributed by atoms with Gasteiger partial charge >= 0.3 is 0 Å². The van der Waals surface area contributed by atoms with Gasteiger partial charge in [-0.1, -0.05) is 65.9 Å². The van der Waals surface area contributed by atoms with E-state index in [0.29, 0.717) is 6.42 Å². The second-order valence-electron chi connectivity index (χ2n) is 7.20. The van der Waals surface area contributed by atoms with E-state index in [-0.39, 0.29) is 11.8 Å². The van der Waals surface area contributed by atoms with Crippen LogP contribution in [0.4, 0.5) is 5.82 Å². The van der Waals surface area contributed by atoms with E-state index < -0.39 is 0 Å². The maximum Gasteiger partial charge on any atom is 0.226 e. The molecule has 29 heavy (non-hydrogen) atoms. The molecule has 3 heterocycles. The second kappa shape index (κ2) is 6.25. The number of nitrogens with zero attached hydrogens (tertiary/aromatic N) is 3. The number of amides is 1. The minimum absolute atomic E-state index is 0.00158. The van der Waals surface area contributed by atoms with E-state index >= 15 is 0 Å². The van der Waals surface area contributed by atoms with Gasteiger partial charge in [0.25, 0.3) is 0 Å². The van der Waals surface area contributed by atoms with Crippen molar-refractivity contribution in [2.75, 3.05) is 5.32 Å². The number of para-hydroxylation sites is 1. The van der Waals surface area contributed by atoms with Gasteiger partial charge in [-0.3, -0.25) is 4.79 Å². The van der Waals surface area contributed by atoms with Crippen LogP contribution in [0.3, 0.4) is 0 Å². The largest absolute Gasteiger partial charge is 0.310 e. The maximum atomic E-state index is 12.6. The summed E-state index contributed by atoms with van der Waals surface area (Å²) in [6, 6.07) is 22.6. The maximum absolute atomic E-state index is 12.6. The van der Waals surface area contributed by atoms with Crippen LogP contribution >= 0.6 is 11.3 Å². The van der Waals surface area contributed by atoms with Crippen LogP contribution in [0.15, 0.2) is 72.9 Å². The highest BCUT2D eigenvalue weighted by Gasteiger charge is 2.31. The molecular weight excluding hydrogens is 380 g/mol. The summed E-state index contributed by atoms with van der Waals surface area (Å²) >= 11 is 1.57. The number of thiazole rings is 1. The Morgan fingerprint density at radius 2 is 1.79 bits per heavy atom. The summed E-state index contributed by atoms with van der Waals surface area (Å²) in [6.07, 6.45) is 2.28. The van der Waals surface area contributed by atoms with Gasteiger partial charge in [-0.2, -0.15) is 9.78 Å². The number of rotatable bonds is 2. The molecule has 0 unspecified atom stereocenters. The van der Waals surface area contributed by atoms with Crippen molar-refractivity contribution in [1.29, 1.82) is 0 Å². The molecule has 0 saturated carbocycles. The Morgan fingerprint density at radius 3 is 2.72 bits per heavy atom. The predicted molar refractivity (Wildman–Crippen MR) is 116 cm³/mol. The van der Waals surface area contributed by atoms with Gasteiger partial charge in [0.2, 0.25) is 11.0 Å². The summed E-state index contributed by atoms with van der Waals surface area (Å²) in [7, 11) is 0. The van der Waals surface area contributed by atoms with E-state index in [1.807, 2.05) is 42.6 Å². The lowest BCUT2D eigenvalue weighted by molar-refractivity contribution is -0.116.